The molecule has 2 rings (SSSR count). The molecule has 0 spiro atoms. The number of para-hydroxylation sites is 1. The van der Waals surface area contributed by atoms with Gasteiger partial charge in [0.05, 0.1) is 16.3 Å². The van der Waals surface area contributed by atoms with Gasteiger partial charge >= 0.3 is 12.1 Å². The molecule has 0 aromatic heterocycles. The predicted octanol–water partition coefficient (Wildman–Crippen LogP) is 5.08. The average Bonchev–Trinajstić information content (AvgIpc) is 2.60. The lowest BCUT2D eigenvalue weighted by molar-refractivity contribution is -0.148. The molecular weight excluding hydrogens is 402 g/mol. The number of esters is 1. The standard InChI is InChI=1S/C19H14ClF4NO3/c1-11(18(27)25-16-8-3-2-5-13(16)19(22,23)24)28-17(26)10-9-12-14(20)6-4-7-15(12)21/h2-11H,1H3,(H,25,27)/b10-9+. The summed E-state index contributed by atoms with van der Waals surface area (Å²) >= 11 is 5.81. The SMILES string of the molecule is CC(OC(=O)/C=C/c1c(F)cccc1Cl)C(=O)Nc1ccccc1C(F)(F)F. The van der Waals surface area contributed by atoms with E-state index in [1.807, 2.05) is 0 Å². The van der Waals surface area contributed by atoms with Crippen LogP contribution < -0.4 is 5.32 Å². The van der Waals surface area contributed by atoms with Crippen LogP contribution in [0.15, 0.2) is 48.5 Å². The molecule has 1 N–H and O–H groups in total. The average molecular weight is 416 g/mol. The first-order valence-electron chi connectivity index (χ1n) is 7.89. The van der Waals surface area contributed by atoms with Gasteiger partial charge in [0, 0.05) is 11.6 Å². The topological polar surface area (TPSA) is 55.4 Å². The minimum atomic E-state index is -4.66. The van der Waals surface area contributed by atoms with Gasteiger partial charge in [-0.05, 0) is 37.3 Å². The normalized spacial score (nSPS) is 12.6. The Morgan fingerprint density at radius 3 is 2.46 bits per heavy atom. The highest BCUT2D eigenvalue weighted by Gasteiger charge is 2.34. The first-order valence-corrected chi connectivity index (χ1v) is 8.27. The Balaban J connectivity index is 2.03. The van der Waals surface area contributed by atoms with E-state index in [1.54, 1.807) is 0 Å². The minimum Gasteiger partial charge on any atom is -0.449 e. The number of carbonyl (C=O) groups is 2. The fourth-order valence-electron chi connectivity index (χ4n) is 2.16. The molecule has 148 valence electrons. The number of alkyl halides is 3. The lowest BCUT2D eigenvalue weighted by atomic mass is 10.1. The van der Waals surface area contributed by atoms with Gasteiger partial charge in [-0.25, -0.2) is 9.18 Å². The second-order valence-corrected chi connectivity index (χ2v) is 5.99. The van der Waals surface area contributed by atoms with E-state index in [2.05, 4.69) is 5.32 Å². The summed E-state index contributed by atoms with van der Waals surface area (Å²) < 4.78 is 57.3. The fraction of sp³-hybridized carbons (Fsp3) is 0.158. The number of nitrogens with one attached hydrogen (secondary N) is 1. The molecule has 9 heteroatoms. The predicted molar refractivity (Wildman–Crippen MR) is 96.1 cm³/mol. The molecule has 4 nitrogen and oxygen atoms in total. The number of carbonyl (C=O) groups excluding carboxylic acids is 2. The molecule has 1 atom stereocenters. The fourth-order valence-corrected chi connectivity index (χ4v) is 2.39. The number of hydrogen-bond acceptors (Lipinski definition) is 3. The Bertz CT molecular complexity index is 892. The molecule has 0 aliphatic carbocycles. The second-order valence-electron chi connectivity index (χ2n) is 5.58. The molecule has 0 saturated heterocycles. The van der Waals surface area contributed by atoms with E-state index in [-0.39, 0.29) is 10.6 Å². The van der Waals surface area contributed by atoms with Gasteiger partial charge in [-0.1, -0.05) is 29.8 Å². The van der Waals surface area contributed by atoms with E-state index in [0.29, 0.717) is 0 Å². The van der Waals surface area contributed by atoms with E-state index in [4.69, 9.17) is 16.3 Å². The van der Waals surface area contributed by atoms with Crippen molar-refractivity contribution in [1.29, 1.82) is 0 Å². The van der Waals surface area contributed by atoms with Crippen molar-refractivity contribution in [2.24, 2.45) is 0 Å². The molecule has 2 aromatic carbocycles. The molecule has 0 fully saturated rings. The van der Waals surface area contributed by atoms with E-state index < -0.39 is 41.2 Å². The number of hydrogen-bond donors (Lipinski definition) is 1. The van der Waals surface area contributed by atoms with Gasteiger partial charge in [-0.15, -0.1) is 0 Å². The molecule has 0 saturated carbocycles. The zero-order valence-electron chi connectivity index (χ0n) is 14.4. The van der Waals surface area contributed by atoms with Crippen LogP contribution in [0.5, 0.6) is 0 Å². The van der Waals surface area contributed by atoms with Crippen LogP contribution in [0, 0.1) is 5.82 Å². The van der Waals surface area contributed by atoms with Crippen molar-refractivity contribution in [1.82, 2.24) is 0 Å². The Labute approximate surface area is 162 Å². The van der Waals surface area contributed by atoms with Crippen LogP contribution in [-0.2, 0) is 20.5 Å². The summed E-state index contributed by atoms with van der Waals surface area (Å²) in [6.07, 6.45) is -4.12. The number of halogens is 5. The quantitative estimate of drug-likeness (QED) is 0.421. The third-order valence-electron chi connectivity index (χ3n) is 3.54. The van der Waals surface area contributed by atoms with Crippen molar-refractivity contribution in [2.45, 2.75) is 19.2 Å². The number of anilines is 1. The molecule has 0 aliphatic heterocycles. The number of amides is 1. The van der Waals surface area contributed by atoms with Crippen LogP contribution in [-0.4, -0.2) is 18.0 Å². The number of rotatable bonds is 5. The summed E-state index contributed by atoms with van der Waals surface area (Å²) in [6, 6.07) is 8.35. The second kappa shape index (κ2) is 8.88. The van der Waals surface area contributed by atoms with Crippen LogP contribution in [0.1, 0.15) is 18.1 Å². The molecule has 0 heterocycles. The molecule has 0 aliphatic rings. The lowest BCUT2D eigenvalue weighted by Crippen LogP contribution is -2.30. The number of ether oxygens (including phenoxy) is 1. The van der Waals surface area contributed by atoms with E-state index in [0.717, 1.165) is 30.4 Å². The lowest BCUT2D eigenvalue weighted by Gasteiger charge is -2.16. The van der Waals surface area contributed by atoms with Crippen molar-refractivity contribution in [3.63, 3.8) is 0 Å². The first-order chi connectivity index (χ1) is 13.1. The van der Waals surface area contributed by atoms with Crippen molar-refractivity contribution in [3.05, 3.63) is 70.5 Å². The zero-order chi connectivity index (χ0) is 20.9. The molecular formula is C19H14ClF4NO3. The summed E-state index contributed by atoms with van der Waals surface area (Å²) in [6.45, 7) is 1.19. The van der Waals surface area contributed by atoms with Gasteiger partial charge in [0.25, 0.3) is 5.91 Å². The van der Waals surface area contributed by atoms with Crippen LogP contribution >= 0.6 is 11.6 Å². The summed E-state index contributed by atoms with van der Waals surface area (Å²) in [5, 5.41) is 2.14. The highest BCUT2D eigenvalue weighted by molar-refractivity contribution is 6.32. The van der Waals surface area contributed by atoms with Crippen LogP contribution in [0.2, 0.25) is 5.02 Å². The smallest absolute Gasteiger partial charge is 0.418 e. The first kappa shape index (κ1) is 21.4. The van der Waals surface area contributed by atoms with Gasteiger partial charge in [0.1, 0.15) is 5.82 Å². The molecule has 1 unspecified atom stereocenters. The highest BCUT2D eigenvalue weighted by atomic mass is 35.5. The van der Waals surface area contributed by atoms with Gasteiger partial charge in [-0.2, -0.15) is 13.2 Å². The summed E-state index contributed by atoms with van der Waals surface area (Å²) in [4.78, 5) is 23.8. The maximum Gasteiger partial charge on any atom is 0.418 e. The van der Waals surface area contributed by atoms with Crippen LogP contribution in [0.4, 0.5) is 23.2 Å². The van der Waals surface area contributed by atoms with Gasteiger partial charge in [-0.3, -0.25) is 4.79 Å². The van der Waals surface area contributed by atoms with E-state index in [9.17, 15) is 27.2 Å². The third-order valence-corrected chi connectivity index (χ3v) is 3.87. The van der Waals surface area contributed by atoms with Gasteiger partial charge in [0.2, 0.25) is 0 Å². The molecule has 2 aromatic rings. The summed E-state index contributed by atoms with van der Waals surface area (Å²) in [5.41, 5.74) is -1.54. The van der Waals surface area contributed by atoms with Crippen LogP contribution in [0.25, 0.3) is 6.08 Å². The molecule has 28 heavy (non-hydrogen) atoms. The minimum absolute atomic E-state index is 0.0441. The van der Waals surface area contributed by atoms with Crippen molar-refractivity contribution in [3.8, 4) is 0 Å². The van der Waals surface area contributed by atoms with Crippen molar-refractivity contribution >= 4 is 35.2 Å². The molecule has 0 radical (unpaired) electrons. The Morgan fingerprint density at radius 1 is 1.14 bits per heavy atom. The van der Waals surface area contributed by atoms with E-state index in [1.165, 1.54) is 31.2 Å². The molecule has 1 amide bonds. The Morgan fingerprint density at radius 2 is 1.82 bits per heavy atom. The maximum absolute atomic E-state index is 13.6. The maximum atomic E-state index is 13.6. The van der Waals surface area contributed by atoms with E-state index >= 15 is 0 Å². The summed E-state index contributed by atoms with van der Waals surface area (Å²) in [5.74, 6) is -2.61. The van der Waals surface area contributed by atoms with Crippen LogP contribution in [0.3, 0.4) is 0 Å². The third kappa shape index (κ3) is 5.56. The highest BCUT2D eigenvalue weighted by Crippen LogP contribution is 2.34. The Kier molecular flexibility index (Phi) is 6.80. The number of benzene rings is 2. The largest absolute Gasteiger partial charge is 0.449 e. The monoisotopic (exact) mass is 415 g/mol. The van der Waals surface area contributed by atoms with Gasteiger partial charge < -0.3 is 10.1 Å². The molecule has 0 bridgehead atoms. The zero-order valence-corrected chi connectivity index (χ0v) is 15.1. The van der Waals surface area contributed by atoms with Gasteiger partial charge in [0.15, 0.2) is 6.10 Å². The van der Waals surface area contributed by atoms with Crippen molar-refractivity contribution in [2.75, 3.05) is 5.32 Å². The Hall–Kier alpha value is -2.87. The van der Waals surface area contributed by atoms with Crippen molar-refractivity contribution < 1.29 is 31.9 Å². The summed E-state index contributed by atoms with van der Waals surface area (Å²) in [7, 11) is 0.